The van der Waals surface area contributed by atoms with E-state index in [1.165, 1.54) is 5.56 Å². The van der Waals surface area contributed by atoms with Crippen LogP contribution >= 0.6 is 15.9 Å². The van der Waals surface area contributed by atoms with Gasteiger partial charge in [-0.3, -0.25) is 0 Å². The summed E-state index contributed by atoms with van der Waals surface area (Å²) in [5.74, 6) is 1.55. The molecule has 0 spiro atoms. The van der Waals surface area contributed by atoms with Crippen LogP contribution in [0.1, 0.15) is 38.7 Å². The summed E-state index contributed by atoms with van der Waals surface area (Å²) in [5.41, 5.74) is 1.38. The largest absolute Gasteiger partial charge is 0.494 e. The molecule has 84 valence electrons. The Morgan fingerprint density at radius 3 is 2.27 bits per heavy atom. The first-order valence-electron chi connectivity index (χ1n) is 5.50. The van der Waals surface area contributed by atoms with Crippen LogP contribution in [0.4, 0.5) is 0 Å². The van der Waals surface area contributed by atoms with E-state index in [2.05, 4.69) is 41.9 Å². The minimum Gasteiger partial charge on any atom is -0.494 e. The van der Waals surface area contributed by atoms with Crippen LogP contribution in [0.25, 0.3) is 0 Å². The lowest BCUT2D eigenvalue weighted by atomic mass is 9.97. The molecule has 2 unspecified atom stereocenters. The van der Waals surface area contributed by atoms with Gasteiger partial charge in [0.2, 0.25) is 0 Å². The molecule has 0 heterocycles. The molecule has 0 fully saturated rings. The van der Waals surface area contributed by atoms with Crippen LogP contribution in [0.2, 0.25) is 0 Å². The summed E-state index contributed by atoms with van der Waals surface area (Å²) in [6.07, 6.45) is 1.16. The van der Waals surface area contributed by atoms with Gasteiger partial charge in [0.05, 0.1) is 6.61 Å². The zero-order valence-electron chi connectivity index (χ0n) is 9.66. The molecule has 0 aliphatic heterocycles. The molecular formula is C13H19BrO. The highest BCUT2D eigenvalue weighted by atomic mass is 79.9. The standard InChI is InChI=1S/C13H19BrO/c1-4-15-13-7-5-12(6-8-13)10(2)9-11(3)14/h5-8,10-11H,4,9H2,1-3H3. The summed E-state index contributed by atoms with van der Waals surface area (Å²) in [7, 11) is 0. The normalized spacial score (nSPS) is 14.7. The van der Waals surface area contributed by atoms with E-state index in [-0.39, 0.29) is 0 Å². The van der Waals surface area contributed by atoms with Crippen molar-refractivity contribution in [3.8, 4) is 5.75 Å². The maximum absolute atomic E-state index is 5.41. The lowest BCUT2D eigenvalue weighted by molar-refractivity contribution is 0.340. The quantitative estimate of drug-likeness (QED) is 0.723. The summed E-state index contributed by atoms with van der Waals surface area (Å²) in [4.78, 5) is 0.569. The third-order valence-electron chi connectivity index (χ3n) is 2.44. The van der Waals surface area contributed by atoms with Crippen molar-refractivity contribution in [1.82, 2.24) is 0 Å². The van der Waals surface area contributed by atoms with E-state index in [4.69, 9.17) is 4.74 Å². The molecule has 0 N–H and O–H groups in total. The Balaban J connectivity index is 2.62. The Bertz CT molecular complexity index is 279. The van der Waals surface area contributed by atoms with E-state index in [1.54, 1.807) is 0 Å². The van der Waals surface area contributed by atoms with Crippen LogP contribution < -0.4 is 4.74 Å². The second-order valence-electron chi connectivity index (χ2n) is 3.92. The summed E-state index contributed by atoms with van der Waals surface area (Å²) in [6, 6.07) is 8.42. The predicted octanol–water partition coefficient (Wildman–Crippen LogP) is 4.36. The zero-order valence-corrected chi connectivity index (χ0v) is 11.3. The first kappa shape index (κ1) is 12.6. The van der Waals surface area contributed by atoms with E-state index in [0.717, 1.165) is 18.8 Å². The van der Waals surface area contributed by atoms with Gasteiger partial charge in [0, 0.05) is 4.83 Å². The van der Waals surface area contributed by atoms with Crippen molar-refractivity contribution >= 4 is 15.9 Å². The summed E-state index contributed by atoms with van der Waals surface area (Å²) >= 11 is 3.59. The third-order valence-corrected chi connectivity index (χ3v) is 2.81. The molecular weight excluding hydrogens is 252 g/mol. The number of hydrogen-bond acceptors (Lipinski definition) is 1. The van der Waals surface area contributed by atoms with E-state index >= 15 is 0 Å². The van der Waals surface area contributed by atoms with Gasteiger partial charge in [0.15, 0.2) is 0 Å². The molecule has 0 saturated carbocycles. The van der Waals surface area contributed by atoms with Crippen molar-refractivity contribution in [3.05, 3.63) is 29.8 Å². The highest BCUT2D eigenvalue weighted by molar-refractivity contribution is 9.09. The average Bonchev–Trinajstić information content (AvgIpc) is 2.18. The molecule has 0 aliphatic carbocycles. The summed E-state index contributed by atoms with van der Waals surface area (Å²) < 4.78 is 5.41. The maximum atomic E-state index is 5.41. The highest BCUT2D eigenvalue weighted by Gasteiger charge is 2.08. The first-order chi connectivity index (χ1) is 7.13. The molecule has 0 amide bonds. The lowest BCUT2D eigenvalue weighted by Crippen LogP contribution is -2.00. The fraction of sp³-hybridized carbons (Fsp3) is 0.538. The first-order valence-corrected chi connectivity index (χ1v) is 6.42. The SMILES string of the molecule is CCOc1ccc(C(C)CC(C)Br)cc1. The zero-order chi connectivity index (χ0) is 11.3. The predicted molar refractivity (Wildman–Crippen MR) is 69.0 cm³/mol. The van der Waals surface area contributed by atoms with E-state index in [9.17, 15) is 0 Å². The number of halogens is 1. The molecule has 2 heteroatoms. The number of ether oxygens (including phenoxy) is 1. The number of hydrogen-bond donors (Lipinski definition) is 0. The average molecular weight is 271 g/mol. The van der Waals surface area contributed by atoms with E-state index < -0.39 is 0 Å². The second-order valence-corrected chi connectivity index (χ2v) is 5.48. The Morgan fingerprint density at radius 2 is 1.80 bits per heavy atom. The Labute approximate surface area is 101 Å². The van der Waals surface area contributed by atoms with Gasteiger partial charge in [-0.1, -0.05) is 41.9 Å². The minimum absolute atomic E-state index is 0.569. The fourth-order valence-electron chi connectivity index (χ4n) is 1.68. The minimum atomic E-state index is 0.569. The van der Waals surface area contributed by atoms with Crippen LogP contribution in [-0.2, 0) is 0 Å². The molecule has 15 heavy (non-hydrogen) atoms. The van der Waals surface area contributed by atoms with Crippen LogP contribution in [0.3, 0.4) is 0 Å². The smallest absolute Gasteiger partial charge is 0.119 e. The molecule has 1 rings (SSSR count). The fourth-order valence-corrected chi connectivity index (χ4v) is 2.24. The van der Waals surface area contributed by atoms with Crippen molar-refractivity contribution < 1.29 is 4.74 Å². The topological polar surface area (TPSA) is 9.23 Å². The van der Waals surface area contributed by atoms with Crippen LogP contribution in [0, 0.1) is 0 Å². The Morgan fingerprint density at radius 1 is 1.20 bits per heavy atom. The molecule has 0 aromatic heterocycles. The number of alkyl halides is 1. The molecule has 2 atom stereocenters. The van der Waals surface area contributed by atoms with Gasteiger partial charge in [-0.15, -0.1) is 0 Å². The molecule has 1 aromatic carbocycles. The van der Waals surface area contributed by atoms with Gasteiger partial charge in [0.1, 0.15) is 5.75 Å². The van der Waals surface area contributed by atoms with Crippen LogP contribution in [-0.4, -0.2) is 11.4 Å². The Hall–Kier alpha value is -0.500. The van der Waals surface area contributed by atoms with Crippen molar-refractivity contribution in [2.24, 2.45) is 0 Å². The highest BCUT2D eigenvalue weighted by Crippen LogP contribution is 2.25. The van der Waals surface area contributed by atoms with Crippen molar-refractivity contribution in [2.45, 2.75) is 37.9 Å². The maximum Gasteiger partial charge on any atom is 0.119 e. The second kappa shape index (κ2) is 6.16. The number of benzene rings is 1. The van der Waals surface area contributed by atoms with Crippen LogP contribution in [0.5, 0.6) is 5.75 Å². The van der Waals surface area contributed by atoms with Crippen molar-refractivity contribution in [1.29, 1.82) is 0 Å². The molecule has 0 saturated heterocycles. The lowest BCUT2D eigenvalue weighted by Gasteiger charge is -2.14. The molecule has 0 aliphatic rings. The van der Waals surface area contributed by atoms with Crippen molar-refractivity contribution in [2.75, 3.05) is 6.61 Å². The van der Waals surface area contributed by atoms with Gasteiger partial charge in [-0.05, 0) is 37.0 Å². The van der Waals surface area contributed by atoms with Gasteiger partial charge < -0.3 is 4.74 Å². The molecule has 0 radical (unpaired) electrons. The van der Waals surface area contributed by atoms with Crippen LogP contribution in [0.15, 0.2) is 24.3 Å². The molecule has 1 nitrogen and oxygen atoms in total. The van der Waals surface area contributed by atoms with Crippen molar-refractivity contribution in [3.63, 3.8) is 0 Å². The third kappa shape index (κ3) is 4.25. The number of rotatable bonds is 5. The summed E-state index contributed by atoms with van der Waals surface area (Å²) in [6.45, 7) is 7.18. The molecule has 1 aromatic rings. The van der Waals surface area contributed by atoms with Gasteiger partial charge in [0.25, 0.3) is 0 Å². The van der Waals surface area contributed by atoms with Gasteiger partial charge in [-0.25, -0.2) is 0 Å². The monoisotopic (exact) mass is 270 g/mol. The summed E-state index contributed by atoms with van der Waals surface area (Å²) in [5, 5.41) is 0. The van der Waals surface area contributed by atoms with E-state index in [1.807, 2.05) is 19.1 Å². The Kier molecular flexibility index (Phi) is 5.16. The van der Waals surface area contributed by atoms with Gasteiger partial charge >= 0.3 is 0 Å². The van der Waals surface area contributed by atoms with E-state index in [0.29, 0.717) is 10.7 Å². The molecule has 0 bridgehead atoms. The van der Waals surface area contributed by atoms with Gasteiger partial charge in [-0.2, -0.15) is 0 Å².